The third-order valence-electron chi connectivity index (χ3n) is 5.75. The van der Waals surface area contributed by atoms with Crippen molar-refractivity contribution in [2.24, 2.45) is 7.05 Å². The highest BCUT2D eigenvalue weighted by Crippen LogP contribution is 2.37. The first-order valence-electron chi connectivity index (χ1n) is 10.1. The molecule has 0 atom stereocenters. The molecule has 1 aromatic heterocycles. The lowest BCUT2D eigenvalue weighted by Crippen LogP contribution is -2.35. The molecule has 2 aromatic carbocycles. The molecule has 0 unspecified atom stereocenters. The standard InChI is InChI=1S/C25H31FN/c1-14-10-15(2)17(4)20(11-14)24-21-13-22(26)23(25(6,7)8)18(5)19(21)12-16(3)27(24)9/h10-13H,1-9H3/q+1/i12D. The van der Waals surface area contributed by atoms with Crippen molar-refractivity contribution in [3.8, 4) is 11.3 Å². The number of rotatable bonds is 1. The molecule has 0 N–H and O–H groups in total. The van der Waals surface area contributed by atoms with Crippen LogP contribution in [0.5, 0.6) is 0 Å². The monoisotopic (exact) mass is 365 g/mol. The quantitative estimate of drug-likeness (QED) is 0.445. The third kappa shape index (κ3) is 3.16. The van der Waals surface area contributed by atoms with E-state index in [1.165, 1.54) is 16.7 Å². The molecule has 0 saturated heterocycles. The van der Waals surface area contributed by atoms with Gasteiger partial charge in [0.15, 0.2) is 5.69 Å². The van der Waals surface area contributed by atoms with Crippen LogP contribution in [0.1, 0.15) is 55.7 Å². The first-order chi connectivity index (χ1) is 12.9. The Morgan fingerprint density at radius 3 is 2.15 bits per heavy atom. The van der Waals surface area contributed by atoms with Crippen LogP contribution in [-0.4, -0.2) is 0 Å². The summed E-state index contributed by atoms with van der Waals surface area (Å²) in [7, 11) is 1.98. The van der Waals surface area contributed by atoms with Crippen molar-refractivity contribution in [1.82, 2.24) is 0 Å². The molecule has 27 heavy (non-hydrogen) atoms. The number of halogens is 1. The fraction of sp³-hybridized carbons (Fsp3) is 0.400. The summed E-state index contributed by atoms with van der Waals surface area (Å²) < 4.78 is 26.2. The van der Waals surface area contributed by atoms with Crippen molar-refractivity contribution >= 4 is 10.8 Å². The smallest absolute Gasteiger partial charge is 0.207 e. The Morgan fingerprint density at radius 1 is 0.926 bits per heavy atom. The summed E-state index contributed by atoms with van der Waals surface area (Å²) in [6.07, 6.45) is 0. The summed E-state index contributed by atoms with van der Waals surface area (Å²) >= 11 is 0. The fourth-order valence-corrected chi connectivity index (χ4v) is 4.27. The Kier molecular flexibility index (Phi) is 4.33. The van der Waals surface area contributed by atoms with Crippen LogP contribution in [0.4, 0.5) is 4.39 Å². The third-order valence-corrected chi connectivity index (χ3v) is 5.75. The summed E-state index contributed by atoms with van der Waals surface area (Å²) in [6, 6.07) is 6.47. The van der Waals surface area contributed by atoms with Crippen LogP contribution >= 0.6 is 0 Å². The second-order valence-electron chi connectivity index (χ2n) is 8.90. The molecule has 0 bridgehead atoms. The van der Waals surface area contributed by atoms with Crippen molar-refractivity contribution in [3.63, 3.8) is 0 Å². The topological polar surface area (TPSA) is 3.88 Å². The Balaban J connectivity index is 2.60. The second kappa shape index (κ2) is 6.44. The van der Waals surface area contributed by atoms with Crippen molar-refractivity contribution in [2.75, 3.05) is 0 Å². The minimum Gasteiger partial charge on any atom is -0.207 e. The van der Waals surface area contributed by atoms with E-state index in [9.17, 15) is 0 Å². The average molecular weight is 366 g/mol. The predicted octanol–water partition coefficient (Wildman–Crippen LogP) is 6.31. The van der Waals surface area contributed by atoms with Crippen LogP contribution in [0.2, 0.25) is 0 Å². The molecule has 2 heteroatoms. The SMILES string of the molecule is [2H]c1c(C)[n+](C)c(-c2cc(C)cc(C)c2C)c2cc(F)c(C(C)(C)C)c(C)c12. The van der Waals surface area contributed by atoms with Crippen LogP contribution in [-0.2, 0) is 12.5 Å². The van der Waals surface area contributed by atoms with Gasteiger partial charge in [-0.3, -0.25) is 0 Å². The van der Waals surface area contributed by atoms with Gasteiger partial charge in [0.05, 0.1) is 12.3 Å². The largest absolute Gasteiger partial charge is 0.220 e. The lowest BCUT2D eigenvalue weighted by atomic mass is 9.81. The fourth-order valence-electron chi connectivity index (χ4n) is 4.27. The Labute approximate surface area is 164 Å². The summed E-state index contributed by atoms with van der Waals surface area (Å²) in [4.78, 5) is 0. The molecule has 0 radical (unpaired) electrons. The zero-order valence-corrected chi connectivity index (χ0v) is 18.1. The minimum absolute atomic E-state index is 0.191. The summed E-state index contributed by atoms with van der Waals surface area (Å²) in [6.45, 7) is 16.3. The first-order valence-corrected chi connectivity index (χ1v) is 9.57. The Bertz CT molecular complexity index is 1120. The van der Waals surface area contributed by atoms with Crippen LogP contribution in [0, 0.1) is 40.4 Å². The maximum Gasteiger partial charge on any atom is 0.220 e. The van der Waals surface area contributed by atoms with Gasteiger partial charge >= 0.3 is 0 Å². The van der Waals surface area contributed by atoms with Gasteiger partial charge in [-0.05, 0) is 72.9 Å². The number of aryl methyl sites for hydroxylation is 3. The number of benzene rings is 2. The molecular weight excluding hydrogens is 333 g/mol. The molecule has 3 aromatic rings. The molecule has 0 saturated carbocycles. The molecule has 0 aliphatic carbocycles. The van der Waals surface area contributed by atoms with E-state index in [1.807, 2.05) is 46.2 Å². The van der Waals surface area contributed by atoms with E-state index in [2.05, 4.69) is 32.9 Å². The molecule has 0 amide bonds. The normalized spacial score (nSPS) is 12.6. The van der Waals surface area contributed by atoms with Gasteiger partial charge < -0.3 is 0 Å². The van der Waals surface area contributed by atoms with E-state index in [4.69, 9.17) is 1.37 Å². The van der Waals surface area contributed by atoms with Crippen LogP contribution in [0.15, 0.2) is 24.2 Å². The maximum absolute atomic E-state index is 15.3. The number of hydrogen-bond acceptors (Lipinski definition) is 0. The highest BCUT2D eigenvalue weighted by atomic mass is 19.1. The number of fused-ring (bicyclic) bond motifs is 1. The average Bonchev–Trinajstić information content (AvgIpc) is 2.55. The zero-order valence-electron chi connectivity index (χ0n) is 19.1. The molecule has 1 nitrogen and oxygen atoms in total. The summed E-state index contributed by atoms with van der Waals surface area (Å²) in [5, 5.41) is 1.67. The highest BCUT2D eigenvalue weighted by molar-refractivity contribution is 5.97. The zero-order chi connectivity index (χ0) is 21.1. The Morgan fingerprint density at radius 2 is 1.56 bits per heavy atom. The van der Waals surface area contributed by atoms with Crippen molar-refractivity contribution in [1.29, 1.82) is 0 Å². The molecule has 1 heterocycles. The molecule has 0 aliphatic heterocycles. The van der Waals surface area contributed by atoms with Gasteiger partial charge in [0.25, 0.3) is 0 Å². The van der Waals surface area contributed by atoms with E-state index in [-0.39, 0.29) is 11.2 Å². The summed E-state index contributed by atoms with van der Waals surface area (Å²) in [5.74, 6) is -0.191. The molecule has 3 rings (SSSR count). The van der Waals surface area contributed by atoms with Crippen molar-refractivity contribution in [3.05, 3.63) is 63.6 Å². The van der Waals surface area contributed by atoms with Gasteiger partial charge in [-0.2, -0.15) is 4.57 Å². The highest BCUT2D eigenvalue weighted by Gasteiger charge is 2.27. The van der Waals surface area contributed by atoms with Crippen LogP contribution in [0.25, 0.3) is 22.0 Å². The van der Waals surface area contributed by atoms with Gasteiger partial charge in [0, 0.05) is 13.0 Å². The van der Waals surface area contributed by atoms with E-state index >= 15 is 4.39 Å². The molecule has 0 spiro atoms. The number of nitrogens with zero attached hydrogens (tertiary/aromatic N) is 1. The molecule has 0 fully saturated rings. The Hall–Kier alpha value is -2.22. The predicted molar refractivity (Wildman–Crippen MR) is 113 cm³/mol. The minimum atomic E-state index is -0.323. The van der Waals surface area contributed by atoms with Crippen LogP contribution < -0.4 is 4.57 Å². The summed E-state index contributed by atoms with van der Waals surface area (Å²) in [5.41, 5.74) is 7.82. The van der Waals surface area contributed by atoms with Crippen molar-refractivity contribution in [2.45, 2.75) is 60.8 Å². The lowest BCUT2D eigenvalue weighted by Gasteiger charge is -2.24. The van der Waals surface area contributed by atoms with E-state index in [0.717, 1.165) is 33.3 Å². The molecule has 0 aliphatic rings. The number of aromatic nitrogens is 1. The number of pyridine rings is 1. The molecule has 142 valence electrons. The first kappa shape index (κ1) is 18.2. The van der Waals surface area contributed by atoms with Gasteiger partial charge in [0.2, 0.25) is 5.69 Å². The van der Waals surface area contributed by atoms with Gasteiger partial charge in [-0.15, -0.1) is 0 Å². The lowest BCUT2D eigenvalue weighted by molar-refractivity contribution is -0.665. The number of hydrogen-bond donors (Lipinski definition) is 0. The van der Waals surface area contributed by atoms with Crippen molar-refractivity contribution < 1.29 is 10.3 Å². The second-order valence-corrected chi connectivity index (χ2v) is 8.90. The van der Waals surface area contributed by atoms with Gasteiger partial charge in [-0.25, -0.2) is 4.39 Å². The van der Waals surface area contributed by atoms with Gasteiger partial charge in [-0.1, -0.05) is 32.4 Å². The van der Waals surface area contributed by atoms with E-state index in [0.29, 0.717) is 11.6 Å². The van der Waals surface area contributed by atoms with Crippen LogP contribution in [0.3, 0.4) is 0 Å². The van der Waals surface area contributed by atoms with Gasteiger partial charge in [0.1, 0.15) is 12.9 Å². The molecular formula is C25H31FN+. The van der Waals surface area contributed by atoms with E-state index in [1.54, 1.807) is 6.07 Å². The van der Waals surface area contributed by atoms with E-state index < -0.39 is 0 Å². The maximum atomic E-state index is 15.3.